The average molecular weight is 262 g/mol. The molecule has 19 heavy (non-hydrogen) atoms. The number of hydrogen-bond donors (Lipinski definition) is 1. The van der Waals surface area contributed by atoms with Gasteiger partial charge in [0.25, 0.3) is 0 Å². The molecule has 1 aromatic heterocycles. The second kappa shape index (κ2) is 4.58. The fraction of sp³-hybridized carbons (Fsp3) is 0.867. The SMILES string of the molecule is CCC(C)(NC(C)C)c1nnc(C2CC2)n1C1CC1. The second-order valence-electron chi connectivity index (χ2n) is 6.74. The summed E-state index contributed by atoms with van der Waals surface area (Å²) in [5.74, 6) is 3.10. The Morgan fingerprint density at radius 2 is 1.95 bits per heavy atom. The first kappa shape index (κ1) is 13.1. The molecular formula is C15H26N4. The number of nitrogens with zero attached hydrogens (tertiary/aromatic N) is 3. The quantitative estimate of drug-likeness (QED) is 0.856. The van der Waals surface area contributed by atoms with Crippen LogP contribution in [-0.2, 0) is 5.54 Å². The summed E-state index contributed by atoms with van der Waals surface area (Å²) >= 11 is 0. The van der Waals surface area contributed by atoms with Crippen molar-refractivity contribution < 1.29 is 0 Å². The van der Waals surface area contributed by atoms with Gasteiger partial charge < -0.3 is 9.88 Å². The molecule has 0 aromatic carbocycles. The van der Waals surface area contributed by atoms with Crippen LogP contribution >= 0.6 is 0 Å². The fourth-order valence-electron chi connectivity index (χ4n) is 2.95. The minimum atomic E-state index is -0.0586. The van der Waals surface area contributed by atoms with Gasteiger partial charge in [-0.25, -0.2) is 0 Å². The highest BCUT2D eigenvalue weighted by Crippen LogP contribution is 2.46. The van der Waals surface area contributed by atoms with E-state index in [1.54, 1.807) is 0 Å². The zero-order valence-corrected chi connectivity index (χ0v) is 12.6. The summed E-state index contributed by atoms with van der Waals surface area (Å²) in [6.45, 7) is 8.91. The highest BCUT2D eigenvalue weighted by atomic mass is 15.3. The molecule has 2 aliphatic rings. The van der Waals surface area contributed by atoms with Gasteiger partial charge in [-0.15, -0.1) is 10.2 Å². The molecule has 106 valence electrons. The van der Waals surface area contributed by atoms with Gasteiger partial charge in [-0.2, -0.15) is 0 Å². The number of nitrogens with one attached hydrogen (secondary N) is 1. The lowest BCUT2D eigenvalue weighted by molar-refractivity contribution is 0.293. The zero-order chi connectivity index (χ0) is 13.6. The van der Waals surface area contributed by atoms with Gasteiger partial charge in [0.2, 0.25) is 0 Å². The van der Waals surface area contributed by atoms with Gasteiger partial charge in [-0.05, 0) is 52.9 Å². The molecule has 0 spiro atoms. The van der Waals surface area contributed by atoms with Crippen LogP contribution in [0.1, 0.15) is 83.4 Å². The molecule has 0 radical (unpaired) electrons. The minimum Gasteiger partial charge on any atom is -0.310 e. The Labute approximate surface area is 116 Å². The Balaban J connectivity index is 1.98. The molecule has 3 rings (SSSR count). The van der Waals surface area contributed by atoms with Crippen LogP contribution in [0, 0.1) is 0 Å². The molecule has 2 fully saturated rings. The molecule has 1 N–H and O–H groups in total. The monoisotopic (exact) mass is 262 g/mol. The highest BCUT2D eigenvalue weighted by molar-refractivity contribution is 5.17. The average Bonchev–Trinajstić information content (AvgIpc) is 3.27. The molecule has 1 unspecified atom stereocenters. The van der Waals surface area contributed by atoms with Crippen molar-refractivity contribution >= 4 is 0 Å². The lowest BCUT2D eigenvalue weighted by Crippen LogP contribution is -2.45. The van der Waals surface area contributed by atoms with E-state index in [0.717, 1.165) is 12.2 Å². The lowest BCUT2D eigenvalue weighted by Gasteiger charge is -2.31. The minimum absolute atomic E-state index is 0.0586. The molecule has 2 aliphatic carbocycles. The standard InChI is InChI=1S/C15H26N4/c1-5-15(4,16-10(2)3)14-18-17-13(11-6-7-11)19(14)12-8-9-12/h10-12,16H,5-9H2,1-4H3. The molecule has 0 saturated heterocycles. The van der Waals surface area contributed by atoms with Crippen LogP contribution in [0.5, 0.6) is 0 Å². The van der Waals surface area contributed by atoms with E-state index in [9.17, 15) is 0 Å². The molecule has 0 aliphatic heterocycles. The van der Waals surface area contributed by atoms with Crippen LogP contribution in [-0.4, -0.2) is 20.8 Å². The van der Waals surface area contributed by atoms with Crippen LogP contribution in [0.3, 0.4) is 0 Å². The van der Waals surface area contributed by atoms with Crippen molar-refractivity contribution in [1.29, 1.82) is 0 Å². The van der Waals surface area contributed by atoms with Crippen LogP contribution < -0.4 is 5.32 Å². The summed E-state index contributed by atoms with van der Waals surface area (Å²) in [7, 11) is 0. The highest BCUT2D eigenvalue weighted by Gasteiger charge is 2.41. The van der Waals surface area contributed by atoms with Gasteiger partial charge in [0, 0.05) is 18.0 Å². The van der Waals surface area contributed by atoms with Crippen molar-refractivity contribution in [2.45, 2.75) is 83.3 Å². The number of hydrogen-bond acceptors (Lipinski definition) is 3. The Morgan fingerprint density at radius 3 is 2.42 bits per heavy atom. The Morgan fingerprint density at radius 1 is 1.26 bits per heavy atom. The third-order valence-corrected chi connectivity index (χ3v) is 4.38. The van der Waals surface area contributed by atoms with Crippen molar-refractivity contribution in [3.63, 3.8) is 0 Å². The number of rotatable bonds is 6. The molecule has 4 heteroatoms. The predicted octanol–water partition coefficient (Wildman–Crippen LogP) is 3.11. The molecular weight excluding hydrogens is 236 g/mol. The van der Waals surface area contributed by atoms with E-state index in [2.05, 4.69) is 47.8 Å². The molecule has 1 atom stereocenters. The summed E-state index contributed by atoms with van der Waals surface area (Å²) in [5, 5.41) is 12.8. The summed E-state index contributed by atoms with van der Waals surface area (Å²) in [4.78, 5) is 0. The van der Waals surface area contributed by atoms with Gasteiger partial charge in [0.05, 0.1) is 5.54 Å². The first-order chi connectivity index (χ1) is 9.05. The normalized spacial score (nSPS) is 22.8. The zero-order valence-electron chi connectivity index (χ0n) is 12.6. The second-order valence-corrected chi connectivity index (χ2v) is 6.74. The Hall–Kier alpha value is -0.900. The summed E-state index contributed by atoms with van der Waals surface area (Å²) in [5.41, 5.74) is -0.0586. The van der Waals surface area contributed by atoms with Crippen molar-refractivity contribution in [2.75, 3.05) is 0 Å². The maximum Gasteiger partial charge on any atom is 0.153 e. The van der Waals surface area contributed by atoms with Crippen molar-refractivity contribution in [3.8, 4) is 0 Å². The summed E-state index contributed by atoms with van der Waals surface area (Å²) in [6, 6.07) is 1.12. The number of aromatic nitrogens is 3. The van der Waals surface area contributed by atoms with E-state index < -0.39 is 0 Å². The predicted molar refractivity (Wildman–Crippen MR) is 76.2 cm³/mol. The van der Waals surface area contributed by atoms with E-state index in [4.69, 9.17) is 0 Å². The Kier molecular flexibility index (Phi) is 3.16. The molecule has 4 nitrogen and oxygen atoms in total. The van der Waals surface area contributed by atoms with Gasteiger partial charge in [-0.3, -0.25) is 0 Å². The van der Waals surface area contributed by atoms with E-state index >= 15 is 0 Å². The smallest absolute Gasteiger partial charge is 0.153 e. The molecule has 0 amide bonds. The first-order valence-electron chi connectivity index (χ1n) is 7.78. The lowest BCUT2D eigenvalue weighted by atomic mass is 9.96. The van der Waals surface area contributed by atoms with Gasteiger partial charge >= 0.3 is 0 Å². The molecule has 1 aromatic rings. The van der Waals surface area contributed by atoms with Crippen LogP contribution in [0.4, 0.5) is 0 Å². The van der Waals surface area contributed by atoms with Crippen molar-refractivity contribution in [2.24, 2.45) is 0 Å². The van der Waals surface area contributed by atoms with Gasteiger partial charge in [0.15, 0.2) is 5.82 Å². The molecule has 1 heterocycles. The summed E-state index contributed by atoms with van der Waals surface area (Å²) < 4.78 is 2.47. The maximum atomic E-state index is 4.59. The van der Waals surface area contributed by atoms with Gasteiger partial charge in [-0.1, -0.05) is 6.92 Å². The van der Waals surface area contributed by atoms with Crippen molar-refractivity contribution in [1.82, 2.24) is 20.1 Å². The summed E-state index contributed by atoms with van der Waals surface area (Å²) in [6.07, 6.45) is 6.23. The third-order valence-electron chi connectivity index (χ3n) is 4.38. The Bertz CT molecular complexity index is 457. The van der Waals surface area contributed by atoms with Crippen LogP contribution in [0.25, 0.3) is 0 Å². The van der Waals surface area contributed by atoms with Crippen molar-refractivity contribution in [3.05, 3.63) is 11.6 Å². The largest absolute Gasteiger partial charge is 0.310 e. The molecule has 0 bridgehead atoms. The van der Waals surface area contributed by atoms with Gasteiger partial charge in [0.1, 0.15) is 5.82 Å². The topological polar surface area (TPSA) is 42.7 Å². The maximum absolute atomic E-state index is 4.59. The third kappa shape index (κ3) is 2.42. The van der Waals surface area contributed by atoms with Crippen LogP contribution in [0.15, 0.2) is 0 Å². The van der Waals surface area contributed by atoms with Crippen LogP contribution in [0.2, 0.25) is 0 Å². The first-order valence-corrected chi connectivity index (χ1v) is 7.78. The molecule has 2 saturated carbocycles. The van der Waals surface area contributed by atoms with E-state index in [1.807, 2.05) is 0 Å². The van der Waals surface area contributed by atoms with E-state index in [0.29, 0.717) is 18.0 Å². The van der Waals surface area contributed by atoms with E-state index in [-0.39, 0.29) is 5.54 Å². The fourth-order valence-corrected chi connectivity index (χ4v) is 2.95. The van der Waals surface area contributed by atoms with E-state index in [1.165, 1.54) is 31.5 Å².